The molecule has 20 heavy (non-hydrogen) atoms. The van der Waals surface area contributed by atoms with Gasteiger partial charge in [-0.3, -0.25) is 4.79 Å². The number of thiophene rings is 1. The van der Waals surface area contributed by atoms with Crippen molar-refractivity contribution in [1.29, 1.82) is 0 Å². The van der Waals surface area contributed by atoms with Crippen LogP contribution in [0.5, 0.6) is 0 Å². The lowest BCUT2D eigenvalue weighted by molar-refractivity contribution is -0.131. The molecule has 1 aromatic rings. The van der Waals surface area contributed by atoms with Crippen LogP contribution in [0.4, 0.5) is 0 Å². The fourth-order valence-electron chi connectivity index (χ4n) is 1.57. The Kier molecular flexibility index (Phi) is 6.81. The zero-order chi connectivity index (χ0) is 15.1. The molecule has 4 nitrogen and oxygen atoms in total. The van der Waals surface area contributed by atoms with Gasteiger partial charge in [0.1, 0.15) is 0 Å². The van der Waals surface area contributed by atoms with Crippen LogP contribution >= 0.6 is 23.1 Å². The van der Waals surface area contributed by atoms with Crippen molar-refractivity contribution in [2.75, 3.05) is 19.1 Å². The van der Waals surface area contributed by atoms with Gasteiger partial charge in [-0.2, -0.15) is 11.8 Å². The molecule has 0 saturated carbocycles. The highest BCUT2D eigenvalue weighted by atomic mass is 32.2. The van der Waals surface area contributed by atoms with Gasteiger partial charge in [-0.1, -0.05) is 0 Å². The Morgan fingerprint density at radius 1 is 1.50 bits per heavy atom. The Bertz CT molecular complexity index is 496. The average molecular weight is 313 g/mol. The normalized spacial score (nSPS) is 12.6. The topological polar surface area (TPSA) is 57.6 Å². The van der Waals surface area contributed by atoms with E-state index in [0.29, 0.717) is 4.88 Å². The van der Waals surface area contributed by atoms with Crippen LogP contribution in [0.2, 0.25) is 0 Å². The summed E-state index contributed by atoms with van der Waals surface area (Å²) in [6.45, 7) is 2.03. The molecule has 0 aliphatic heterocycles. The van der Waals surface area contributed by atoms with Crippen LogP contribution in [0, 0.1) is 0 Å². The van der Waals surface area contributed by atoms with Crippen LogP contribution in [0.15, 0.2) is 18.2 Å². The SMILES string of the molecule is CSCCC(C)N(C)C(=O)c1ccc(/C=C/C(=O)O)s1. The number of nitrogens with zero attached hydrogens (tertiary/aromatic N) is 1. The molecule has 0 bridgehead atoms. The van der Waals surface area contributed by atoms with Crippen LogP contribution in [-0.4, -0.2) is 47.0 Å². The third kappa shape index (κ3) is 5.02. The third-order valence-corrected chi connectivity index (χ3v) is 4.63. The zero-order valence-electron chi connectivity index (χ0n) is 11.8. The van der Waals surface area contributed by atoms with Gasteiger partial charge in [-0.05, 0) is 43.6 Å². The second kappa shape index (κ2) is 8.11. The molecule has 0 aliphatic carbocycles. The Hall–Kier alpha value is -1.27. The maximum Gasteiger partial charge on any atom is 0.328 e. The number of aliphatic carboxylic acids is 1. The van der Waals surface area contributed by atoms with Crippen molar-refractivity contribution in [1.82, 2.24) is 4.90 Å². The monoisotopic (exact) mass is 313 g/mol. The van der Waals surface area contributed by atoms with Crippen molar-refractivity contribution >= 4 is 41.1 Å². The number of carboxylic acid groups (broad SMARTS) is 1. The van der Waals surface area contributed by atoms with Gasteiger partial charge in [0.05, 0.1) is 4.88 Å². The van der Waals surface area contributed by atoms with Gasteiger partial charge in [-0.15, -0.1) is 11.3 Å². The number of thioether (sulfide) groups is 1. The molecule has 0 radical (unpaired) electrons. The molecule has 1 atom stereocenters. The maximum absolute atomic E-state index is 12.3. The minimum absolute atomic E-state index is 0.0152. The number of amides is 1. The first-order valence-corrected chi connectivity index (χ1v) is 8.43. The molecule has 6 heteroatoms. The summed E-state index contributed by atoms with van der Waals surface area (Å²) in [7, 11) is 1.81. The fourth-order valence-corrected chi connectivity index (χ4v) is 3.04. The van der Waals surface area contributed by atoms with E-state index in [2.05, 4.69) is 6.26 Å². The molecular formula is C14H19NO3S2. The van der Waals surface area contributed by atoms with Gasteiger partial charge in [-0.25, -0.2) is 4.79 Å². The summed E-state index contributed by atoms with van der Waals surface area (Å²) in [5, 5.41) is 8.57. The van der Waals surface area contributed by atoms with Crippen LogP contribution in [-0.2, 0) is 4.79 Å². The number of rotatable bonds is 7. The first-order valence-electron chi connectivity index (χ1n) is 6.22. The number of carbonyl (C=O) groups is 2. The van der Waals surface area contributed by atoms with Crippen molar-refractivity contribution in [3.8, 4) is 0 Å². The molecule has 0 aromatic carbocycles. The van der Waals surface area contributed by atoms with E-state index in [1.807, 2.05) is 6.92 Å². The summed E-state index contributed by atoms with van der Waals surface area (Å²) in [6, 6.07) is 3.69. The van der Waals surface area contributed by atoms with Gasteiger partial charge in [0.2, 0.25) is 0 Å². The van der Waals surface area contributed by atoms with E-state index in [4.69, 9.17) is 5.11 Å². The predicted octanol–water partition coefficient (Wildman–Crippen LogP) is 3.06. The quantitative estimate of drug-likeness (QED) is 0.786. The summed E-state index contributed by atoms with van der Waals surface area (Å²) < 4.78 is 0. The van der Waals surface area contributed by atoms with E-state index in [9.17, 15) is 9.59 Å². The van der Waals surface area contributed by atoms with E-state index < -0.39 is 5.97 Å². The minimum atomic E-state index is -0.992. The van der Waals surface area contributed by atoms with E-state index in [-0.39, 0.29) is 11.9 Å². The zero-order valence-corrected chi connectivity index (χ0v) is 13.5. The molecule has 0 aliphatic rings. The molecule has 0 saturated heterocycles. The number of hydrogen-bond acceptors (Lipinski definition) is 4. The summed E-state index contributed by atoms with van der Waals surface area (Å²) in [4.78, 5) is 25.9. The number of carbonyl (C=O) groups excluding carboxylic acids is 1. The lowest BCUT2D eigenvalue weighted by Gasteiger charge is -2.24. The van der Waals surface area contributed by atoms with Gasteiger partial charge in [0.25, 0.3) is 5.91 Å². The highest BCUT2D eigenvalue weighted by molar-refractivity contribution is 7.98. The van der Waals surface area contributed by atoms with Gasteiger partial charge in [0, 0.05) is 24.0 Å². The van der Waals surface area contributed by atoms with Crippen LogP contribution < -0.4 is 0 Å². The van der Waals surface area contributed by atoms with Crippen LogP contribution in [0.3, 0.4) is 0 Å². The first kappa shape index (κ1) is 16.8. The summed E-state index contributed by atoms with van der Waals surface area (Å²) >= 11 is 3.07. The highest BCUT2D eigenvalue weighted by Gasteiger charge is 2.18. The van der Waals surface area contributed by atoms with Crippen LogP contribution in [0.25, 0.3) is 6.08 Å². The average Bonchev–Trinajstić information content (AvgIpc) is 2.89. The summed E-state index contributed by atoms with van der Waals surface area (Å²) in [6.07, 6.45) is 5.58. The van der Waals surface area contributed by atoms with Crippen molar-refractivity contribution in [2.24, 2.45) is 0 Å². The Labute approximate surface area is 127 Å². The van der Waals surface area contributed by atoms with Gasteiger partial charge >= 0.3 is 5.97 Å². The lowest BCUT2D eigenvalue weighted by Crippen LogP contribution is -2.35. The fraction of sp³-hybridized carbons (Fsp3) is 0.429. The standard InChI is InChI=1S/C14H19NO3S2/c1-10(8-9-19-3)15(2)14(18)12-6-4-11(20-12)5-7-13(16)17/h4-7,10H,8-9H2,1-3H3,(H,16,17)/b7-5+. The second-order valence-corrected chi connectivity index (χ2v) is 6.52. The van der Waals surface area contributed by atoms with E-state index in [1.54, 1.807) is 35.8 Å². The molecule has 1 unspecified atom stereocenters. The largest absolute Gasteiger partial charge is 0.478 e. The molecule has 1 amide bonds. The van der Waals surface area contributed by atoms with Crippen LogP contribution in [0.1, 0.15) is 27.9 Å². The molecular weight excluding hydrogens is 294 g/mol. The summed E-state index contributed by atoms with van der Waals surface area (Å²) in [5.74, 6) is 0.0168. The van der Waals surface area contributed by atoms with Gasteiger partial charge < -0.3 is 10.0 Å². The summed E-state index contributed by atoms with van der Waals surface area (Å²) in [5.41, 5.74) is 0. The molecule has 110 valence electrons. The minimum Gasteiger partial charge on any atom is -0.478 e. The lowest BCUT2D eigenvalue weighted by atomic mass is 10.2. The second-order valence-electron chi connectivity index (χ2n) is 4.42. The van der Waals surface area contributed by atoms with Crippen molar-refractivity contribution < 1.29 is 14.7 Å². The first-order chi connectivity index (χ1) is 9.45. The number of hydrogen-bond donors (Lipinski definition) is 1. The molecule has 0 fully saturated rings. The smallest absolute Gasteiger partial charge is 0.328 e. The van der Waals surface area contributed by atoms with E-state index in [0.717, 1.165) is 23.1 Å². The Morgan fingerprint density at radius 2 is 2.20 bits per heavy atom. The maximum atomic E-state index is 12.3. The van der Waals surface area contributed by atoms with Crippen molar-refractivity contribution in [3.63, 3.8) is 0 Å². The Balaban J connectivity index is 2.70. The van der Waals surface area contributed by atoms with Gasteiger partial charge in [0.15, 0.2) is 0 Å². The molecule has 0 spiro atoms. The van der Waals surface area contributed by atoms with Crippen molar-refractivity contribution in [3.05, 3.63) is 28.0 Å². The predicted molar refractivity (Wildman–Crippen MR) is 85.5 cm³/mol. The van der Waals surface area contributed by atoms with Crippen molar-refractivity contribution in [2.45, 2.75) is 19.4 Å². The Morgan fingerprint density at radius 3 is 2.80 bits per heavy atom. The third-order valence-electron chi connectivity index (χ3n) is 2.95. The van der Waals surface area contributed by atoms with E-state index in [1.165, 1.54) is 17.4 Å². The number of carboxylic acids is 1. The molecule has 1 aromatic heterocycles. The molecule has 1 N–H and O–H groups in total. The highest BCUT2D eigenvalue weighted by Crippen LogP contribution is 2.20. The molecule has 1 rings (SSSR count). The molecule has 1 heterocycles. The van der Waals surface area contributed by atoms with E-state index >= 15 is 0 Å².